The second-order valence-electron chi connectivity index (χ2n) is 5.79. The number of aryl methyl sites for hydroxylation is 1. The maximum absolute atomic E-state index is 12.2. The number of nitrogens with zero attached hydrogens (tertiary/aromatic N) is 1. The van der Waals surface area contributed by atoms with Gasteiger partial charge in [0, 0.05) is 12.8 Å². The van der Waals surface area contributed by atoms with Crippen molar-refractivity contribution in [1.29, 1.82) is 0 Å². The van der Waals surface area contributed by atoms with Crippen LogP contribution in [0.1, 0.15) is 61.8 Å². The van der Waals surface area contributed by atoms with E-state index in [1.54, 1.807) is 13.0 Å². The average molecular weight is 291 g/mol. The van der Waals surface area contributed by atoms with Gasteiger partial charge in [0.1, 0.15) is 11.3 Å². The lowest BCUT2D eigenvalue weighted by atomic mass is 9.92. The second-order valence-corrected chi connectivity index (χ2v) is 5.79. The molecule has 1 heterocycles. The molecule has 1 aromatic heterocycles. The van der Waals surface area contributed by atoms with Crippen molar-refractivity contribution < 1.29 is 14.6 Å². The monoisotopic (exact) mass is 291 g/mol. The first-order valence-electron chi connectivity index (χ1n) is 7.19. The summed E-state index contributed by atoms with van der Waals surface area (Å²) in [6.45, 7) is 11.2. The van der Waals surface area contributed by atoms with Crippen molar-refractivity contribution >= 4 is 5.78 Å². The summed E-state index contributed by atoms with van der Waals surface area (Å²) in [4.78, 5) is 16.6. The minimum Gasteiger partial charge on any atom is -0.494 e. The largest absolute Gasteiger partial charge is 0.494 e. The van der Waals surface area contributed by atoms with Crippen LogP contribution in [0.5, 0.6) is 5.75 Å². The first-order valence-corrected chi connectivity index (χ1v) is 7.19. The fourth-order valence-corrected chi connectivity index (χ4v) is 2.41. The number of carbonyl (C=O) groups excluding carboxylic acids is 1. The molecular formula is C17H25NO3. The molecule has 0 bridgehead atoms. The minimum atomic E-state index is -1.15. The van der Waals surface area contributed by atoms with Crippen LogP contribution in [0.15, 0.2) is 18.2 Å². The van der Waals surface area contributed by atoms with E-state index in [1.165, 1.54) is 7.11 Å². The van der Waals surface area contributed by atoms with Gasteiger partial charge in [0.05, 0.1) is 12.8 Å². The van der Waals surface area contributed by atoms with E-state index in [1.807, 2.05) is 20.8 Å². The van der Waals surface area contributed by atoms with Crippen molar-refractivity contribution in [2.75, 3.05) is 7.11 Å². The molecule has 0 saturated heterocycles. The Balaban J connectivity index is 3.37. The fourth-order valence-electron chi connectivity index (χ4n) is 2.41. The molecule has 0 fully saturated rings. The Hall–Kier alpha value is -1.68. The molecule has 1 N–H and O–H groups in total. The van der Waals surface area contributed by atoms with Crippen LogP contribution in [0.25, 0.3) is 0 Å². The van der Waals surface area contributed by atoms with Crippen molar-refractivity contribution in [3.05, 3.63) is 35.2 Å². The van der Waals surface area contributed by atoms with Crippen LogP contribution in [0, 0.1) is 6.92 Å². The van der Waals surface area contributed by atoms with Crippen molar-refractivity contribution in [2.24, 2.45) is 0 Å². The molecule has 1 atom stereocenters. The van der Waals surface area contributed by atoms with Gasteiger partial charge in [-0.3, -0.25) is 4.79 Å². The number of ether oxygens (including phenoxy) is 1. The smallest absolute Gasteiger partial charge is 0.185 e. The molecule has 0 aromatic carbocycles. The first kappa shape index (κ1) is 17.4. The highest BCUT2D eigenvalue weighted by Gasteiger charge is 2.28. The zero-order chi connectivity index (χ0) is 16.2. The SMILES string of the molecule is C=C(C)CC(C)(O)c1cc(C)c(OC)c(C(=O)CCC)n1. The molecule has 1 unspecified atom stereocenters. The number of aromatic nitrogens is 1. The lowest BCUT2D eigenvalue weighted by molar-refractivity contribution is 0.0528. The van der Waals surface area contributed by atoms with E-state index in [0.717, 1.165) is 17.6 Å². The van der Waals surface area contributed by atoms with Crippen LogP contribution in [-0.2, 0) is 5.60 Å². The van der Waals surface area contributed by atoms with Gasteiger partial charge < -0.3 is 9.84 Å². The normalized spacial score (nSPS) is 13.6. The Morgan fingerprint density at radius 3 is 2.62 bits per heavy atom. The molecule has 0 saturated carbocycles. The lowest BCUT2D eigenvalue weighted by Crippen LogP contribution is -2.24. The van der Waals surface area contributed by atoms with E-state index < -0.39 is 5.60 Å². The third kappa shape index (κ3) is 4.14. The maximum Gasteiger partial charge on any atom is 0.185 e. The molecule has 0 aliphatic carbocycles. The number of carbonyl (C=O) groups is 1. The van der Waals surface area contributed by atoms with E-state index >= 15 is 0 Å². The van der Waals surface area contributed by atoms with E-state index in [0.29, 0.717) is 30.0 Å². The van der Waals surface area contributed by atoms with Gasteiger partial charge in [-0.25, -0.2) is 4.98 Å². The summed E-state index contributed by atoms with van der Waals surface area (Å²) in [6.07, 6.45) is 1.55. The Morgan fingerprint density at radius 2 is 2.14 bits per heavy atom. The van der Waals surface area contributed by atoms with Gasteiger partial charge in [-0.2, -0.15) is 0 Å². The van der Waals surface area contributed by atoms with Gasteiger partial charge in [0.15, 0.2) is 11.5 Å². The third-order valence-electron chi connectivity index (χ3n) is 3.30. The highest BCUT2D eigenvalue weighted by Crippen LogP contribution is 2.31. The number of pyridine rings is 1. The first-order chi connectivity index (χ1) is 9.72. The molecular weight excluding hydrogens is 266 g/mol. The van der Waals surface area contributed by atoms with Gasteiger partial charge in [0.25, 0.3) is 0 Å². The summed E-state index contributed by atoms with van der Waals surface area (Å²) in [6, 6.07) is 1.77. The molecule has 0 aliphatic heterocycles. The molecule has 116 valence electrons. The molecule has 0 amide bonds. The number of hydrogen-bond donors (Lipinski definition) is 1. The summed E-state index contributed by atoms with van der Waals surface area (Å²) in [5, 5.41) is 10.6. The van der Waals surface area contributed by atoms with Gasteiger partial charge in [0.2, 0.25) is 0 Å². The fraction of sp³-hybridized carbons (Fsp3) is 0.529. The van der Waals surface area contributed by atoms with Crippen molar-refractivity contribution in [3.63, 3.8) is 0 Å². The van der Waals surface area contributed by atoms with Crippen LogP contribution in [0.4, 0.5) is 0 Å². The molecule has 1 rings (SSSR count). The van der Waals surface area contributed by atoms with Gasteiger partial charge in [-0.1, -0.05) is 12.5 Å². The van der Waals surface area contributed by atoms with Crippen molar-refractivity contribution in [1.82, 2.24) is 4.98 Å². The summed E-state index contributed by atoms with van der Waals surface area (Å²) < 4.78 is 5.31. The summed E-state index contributed by atoms with van der Waals surface area (Å²) in [7, 11) is 1.53. The third-order valence-corrected chi connectivity index (χ3v) is 3.30. The highest BCUT2D eigenvalue weighted by molar-refractivity contribution is 5.97. The summed E-state index contributed by atoms with van der Waals surface area (Å²) >= 11 is 0. The van der Waals surface area contributed by atoms with Gasteiger partial charge >= 0.3 is 0 Å². The van der Waals surface area contributed by atoms with Crippen LogP contribution >= 0.6 is 0 Å². The topological polar surface area (TPSA) is 59.4 Å². The van der Waals surface area contributed by atoms with Crippen LogP contribution in [0.3, 0.4) is 0 Å². The molecule has 4 heteroatoms. The van der Waals surface area contributed by atoms with E-state index in [-0.39, 0.29) is 5.78 Å². The summed E-state index contributed by atoms with van der Waals surface area (Å²) in [5.74, 6) is 0.425. The quantitative estimate of drug-likeness (QED) is 0.616. The number of methoxy groups -OCH3 is 1. The zero-order valence-electron chi connectivity index (χ0n) is 13.6. The molecule has 21 heavy (non-hydrogen) atoms. The summed E-state index contributed by atoms with van der Waals surface area (Å²) in [5.41, 5.74) is 1.28. The standard InChI is InChI=1S/C17H25NO3/c1-7-8-13(19)15-16(21-6)12(4)9-14(18-15)17(5,20)10-11(2)3/h9,20H,2,7-8,10H2,1,3-6H3. The van der Waals surface area contributed by atoms with Crippen molar-refractivity contribution in [2.45, 2.75) is 52.6 Å². The molecule has 4 nitrogen and oxygen atoms in total. The average Bonchev–Trinajstić information content (AvgIpc) is 2.36. The number of Topliss-reactive ketones (excluding diaryl/α,β-unsaturated/α-hetero) is 1. The van der Waals surface area contributed by atoms with Crippen LogP contribution < -0.4 is 4.74 Å². The molecule has 0 aliphatic rings. The van der Waals surface area contributed by atoms with Gasteiger partial charge in [-0.15, -0.1) is 6.58 Å². The Labute approximate surface area is 126 Å². The van der Waals surface area contributed by atoms with Gasteiger partial charge in [-0.05, 0) is 38.8 Å². The van der Waals surface area contributed by atoms with E-state index in [2.05, 4.69) is 11.6 Å². The maximum atomic E-state index is 12.2. The van der Waals surface area contributed by atoms with Crippen LogP contribution in [-0.4, -0.2) is 23.0 Å². The second kappa shape index (κ2) is 6.85. The molecule has 0 spiro atoms. The number of hydrogen-bond acceptors (Lipinski definition) is 4. The van der Waals surface area contributed by atoms with Crippen LogP contribution in [0.2, 0.25) is 0 Å². The highest BCUT2D eigenvalue weighted by atomic mass is 16.5. The Morgan fingerprint density at radius 1 is 1.52 bits per heavy atom. The van der Waals surface area contributed by atoms with Crippen molar-refractivity contribution in [3.8, 4) is 5.75 Å². The minimum absolute atomic E-state index is 0.0644. The lowest BCUT2D eigenvalue weighted by Gasteiger charge is -2.24. The Bertz CT molecular complexity index is 547. The van der Waals surface area contributed by atoms with E-state index in [4.69, 9.17) is 4.74 Å². The Kier molecular flexibility index (Phi) is 5.67. The molecule has 0 radical (unpaired) electrons. The number of rotatable bonds is 7. The predicted molar refractivity (Wildman–Crippen MR) is 83.8 cm³/mol. The van der Waals surface area contributed by atoms with E-state index in [9.17, 15) is 9.90 Å². The zero-order valence-corrected chi connectivity index (χ0v) is 13.6. The number of aliphatic hydroxyl groups is 1. The number of ketones is 1. The molecule has 1 aromatic rings. The predicted octanol–water partition coefficient (Wildman–Crippen LogP) is 3.56.